The number of fused-ring (bicyclic) bond motifs is 1. The Bertz CT molecular complexity index is 1220. The van der Waals surface area contributed by atoms with Crippen molar-refractivity contribution in [3.63, 3.8) is 0 Å². The number of nitrogens with zero attached hydrogens (tertiary/aromatic N) is 2. The summed E-state index contributed by atoms with van der Waals surface area (Å²) in [5, 5.41) is 3.80. The van der Waals surface area contributed by atoms with Crippen molar-refractivity contribution in [2.75, 3.05) is 11.5 Å². The minimum absolute atomic E-state index is 0.0395. The first kappa shape index (κ1) is 19.8. The molecule has 0 atom stereocenters. The zero-order chi connectivity index (χ0) is 21.2. The van der Waals surface area contributed by atoms with Crippen LogP contribution in [0.25, 0.3) is 11.3 Å². The maximum atomic E-state index is 12.6. The second-order valence-corrected chi connectivity index (χ2v) is 8.75. The number of aromatic nitrogens is 1. The van der Waals surface area contributed by atoms with Gasteiger partial charge in [-0.25, -0.2) is 4.98 Å². The van der Waals surface area contributed by atoms with E-state index in [1.807, 2.05) is 60.7 Å². The second kappa shape index (κ2) is 8.53. The number of hydrogen-bond acceptors (Lipinski definition) is 4. The monoisotopic (exact) mass is 446 g/mol. The molecule has 0 unspecified atom stereocenters. The summed E-state index contributed by atoms with van der Waals surface area (Å²) in [6.07, 6.45) is 0.806. The number of halogens is 1. The van der Waals surface area contributed by atoms with E-state index in [1.54, 1.807) is 16.2 Å². The van der Waals surface area contributed by atoms with Gasteiger partial charge in [0.15, 0.2) is 6.61 Å². The third-order valence-electron chi connectivity index (χ3n) is 5.20. The summed E-state index contributed by atoms with van der Waals surface area (Å²) in [4.78, 5) is 19.2. The third-order valence-corrected chi connectivity index (χ3v) is 6.30. The topological polar surface area (TPSA) is 42.4 Å². The number of carbonyl (C=O) groups excluding carboxylic acids is 1. The summed E-state index contributed by atoms with van der Waals surface area (Å²) >= 11 is 7.65. The van der Waals surface area contributed by atoms with E-state index in [9.17, 15) is 4.79 Å². The number of thiazole rings is 1. The quantitative estimate of drug-likeness (QED) is 0.378. The second-order valence-electron chi connectivity index (χ2n) is 7.37. The summed E-state index contributed by atoms with van der Waals surface area (Å²) in [6.45, 7) is 0.504. The van der Waals surface area contributed by atoms with Gasteiger partial charge in [-0.3, -0.25) is 4.79 Å². The predicted molar refractivity (Wildman–Crippen MR) is 125 cm³/mol. The molecular weight excluding hydrogens is 428 g/mol. The van der Waals surface area contributed by atoms with Gasteiger partial charge < -0.3 is 9.64 Å². The largest absolute Gasteiger partial charge is 0.482 e. The molecule has 0 spiro atoms. The molecule has 0 radical (unpaired) electrons. The van der Waals surface area contributed by atoms with Crippen LogP contribution in [-0.4, -0.2) is 17.5 Å². The van der Waals surface area contributed by atoms with Gasteiger partial charge >= 0.3 is 0 Å². The fourth-order valence-corrected chi connectivity index (χ4v) is 4.57. The molecular formula is C25H19ClN2O2S. The predicted octanol–water partition coefficient (Wildman–Crippen LogP) is 5.98. The fourth-order valence-electron chi connectivity index (χ4n) is 3.60. The molecule has 4 nitrogen and oxygen atoms in total. The highest BCUT2D eigenvalue weighted by atomic mass is 35.5. The lowest BCUT2D eigenvalue weighted by molar-refractivity contribution is -0.121. The molecule has 4 aromatic rings. The Kier molecular flexibility index (Phi) is 5.45. The maximum absolute atomic E-state index is 12.6. The van der Waals surface area contributed by atoms with E-state index in [-0.39, 0.29) is 12.5 Å². The van der Waals surface area contributed by atoms with Crippen LogP contribution >= 0.6 is 22.9 Å². The van der Waals surface area contributed by atoms with Crippen molar-refractivity contribution in [2.45, 2.75) is 13.0 Å². The van der Waals surface area contributed by atoms with Gasteiger partial charge in [-0.2, -0.15) is 0 Å². The number of rotatable bonds is 5. The average molecular weight is 447 g/mol. The molecule has 154 valence electrons. The normalized spacial score (nSPS) is 13.1. The lowest BCUT2D eigenvalue weighted by atomic mass is 10.1. The number of carbonyl (C=O) groups is 1. The average Bonchev–Trinajstić information content (AvgIpc) is 3.26. The summed E-state index contributed by atoms with van der Waals surface area (Å²) in [5.74, 6) is 0.639. The molecule has 1 aromatic heterocycles. The lowest BCUT2D eigenvalue weighted by Gasteiger charge is -2.30. The van der Waals surface area contributed by atoms with Crippen LogP contribution in [0.1, 0.15) is 16.1 Å². The molecule has 1 aliphatic rings. The van der Waals surface area contributed by atoms with Crippen LogP contribution < -0.4 is 9.64 Å². The third kappa shape index (κ3) is 4.33. The van der Waals surface area contributed by atoms with Gasteiger partial charge in [0.1, 0.15) is 5.75 Å². The van der Waals surface area contributed by atoms with Crippen LogP contribution in [-0.2, 0) is 17.8 Å². The van der Waals surface area contributed by atoms with Crippen molar-refractivity contribution < 1.29 is 9.53 Å². The van der Waals surface area contributed by atoms with Crippen molar-refractivity contribution in [1.82, 2.24) is 4.98 Å². The zero-order valence-corrected chi connectivity index (χ0v) is 18.2. The first-order valence-corrected chi connectivity index (χ1v) is 11.2. The van der Waals surface area contributed by atoms with E-state index in [0.717, 1.165) is 33.9 Å². The molecule has 0 bridgehead atoms. The lowest BCUT2D eigenvalue weighted by Crippen LogP contribution is -2.38. The van der Waals surface area contributed by atoms with Gasteiger partial charge in [-0.1, -0.05) is 54.1 Å². The smallest absolute Gasteiger partial charge is 0.265 e. The van der Waals surface area contributed by atoms with E-state index in [4.69, 9.17) is 21.3 Å². The van der Waals surface area contributed by atoms with Gasteiger partial charge in [0.25, 0.3) is 5.91 Å². The molecule has 31 heavy (non-hydrogen) atoms. The van der Waals surface area contributed by atoms with Gasteiger partial charge in [-0.05, 0) is 41.5 Å². The number of anilines is 1. The Morgan fingerprint density at radius 3 is 2.61 bits per heavy atom. The molecule has 2 heterocycles. The number of hydrogen-bond donors (Lipinski definition) is 0. The summed E-state index contributed by atoms with van der Waals surface area (Å²) in [5.41, 5.74) is 4.88. The van der Waals surface area contributed by atoms with Crippen molar-refractivity contribution in [3.05, 3.63) is 99.3 Å². The van der Waals surface area contributed by atoms with Crippen LogP contribution in [0.4, 0.5) is 5.69 Å². The van der Waals surface area contributed by atoms with Crippen LogP contribution in [0.5, 0.6) is 5.75 Å². The van der Waals surface area contributed by atoms with Crippen molar-refractivity contribution in [1.29, 1.82) is 0 Å². The van der Waals surface area contributed by atoms with E-state index >= 15 is 0 Å². The zero-order valence-electron chi connectivity index (χ0n) is 16.6. The molecule has 0 saturated heterocycles. The Balaban J connectivity index is 1.43. The summed E-state index contributed by atoms with van der Waals surface area (Å²) < 4.78 is 5.67. The van der Waals surface area contributed by atoms with Crippen molar-refractivity contribution in [3.8, 4) is 17.0 Å². The SMILES string of the molecule is O=C1COc2ccc(-c3csc(Cc4ccccc4)n3)cc2N1Cc1ccc(Cl)cc1. The van der Waals surface area contributed by atoms with Gasteiger partial charge in [0, 0.05) is 22.4 Å². The molecule has 1 amide bonds. The minimum Gasteiger partial charge on any atom is -0.482 e. The van der Waals surface area contributed by atoms with Crippen LogP contribution in [0.15, 0.2) is 78.2 Å². The standard InChI is InChI=1S/C25H19ClN2O2S/c26-20-9-6-18(7-10-20)14-28-22-13-19(8-11-23(22)30-15-25(28)29)21-16-31-24(27-21)12-17-4-2-1-3-5-17/h1-11,13,16H,12,14-15H2. The van der Waals surface area contributed by atoms with E-state index in [1.165, 1.54) is 5.56 Å². The first-order chi connectivity index (χ1) is 15.2. The molecule has 0 N–H and O–H groups in total. The molecule has 1 aliphatic heterocycles. The van der Waals surface area contributed by atoms with E-state index in [2.05, 4.69) is 17.5 Å². The Labute approximate surface area is 189 Å². The Hall–Kier alpha value is -3.15. The van der Waals surface area contributed by atoms with Crippen LogP contribution in [0.3, 0.4) is 0 Å². The van der Waals surface area contributed by atoms with Gasteiger partial charge in [-0.15, -0.1) is 11.3 Å². The molecule has 5 rings (SSSR count). The van der Waals surface area contributed by atoms with Crippen LogP contribution in [0.2, 0.25) is 5.02 Å². The number of ether oxygens (including phenoxy) is 1. The maximum Gasteiger partial charge on any atom is 0.265 e. The molecule has 0 aliphatic carbocycles. The molecule has 3 aromatic carbocycles. The molecule has 0 saturated carbocycles. The number of amides is 1. The van der Waals surface area contributed by atoms with Gasteiger partial charge in [0.05, 0.1) is 22.9 Å². The summed E-state index contributed by atoms with van der Waals surface area (Å²) in [7, 11) is 0. The van der Waals surface area contributed by atoms with E-state index < -0.39 is 0 Å². The van der Waals surface area contributed by atoms with Crippen molar-refractivity contribution in [2.24, 2.45) is 0 Å². The highest BCUT2D eigenvalue weighted by Crippen LogP contribution is 2.37. The van der Waals surface area contributed by atoms with Gasteiger partial charge in [0.2, 0.25) is 0 Å². The Morgan fingerprint density at radius 2 is 1.81 bits per heavy atom. The fraction of sp³-hybridized carbons (Fsp3) is 0.120. The minimum atomic E-state index is -0.0670. The highest BCUT2D eigenvalue weighted by Gasteiger charge is 2.26. The van der Waals surface area contributed by atoms with Crippen LogP contribution in [0, 0.1) is 0 Å². The number of benzene rings is 3. The first-order valence-electron chi connectivity index (χ1n) is 9.96. The molecule has 0 fully saturated rings. The molecule has 6 heteroatoms. The highest BCUT2D eigenvalue weighted by molar-refractivity contribution is 7.10. The van der Waals surface area contributed by atoms with E-state index in [0.29, 0.717) is 17.3 Å². The summed E-state index contributed by atoms with van der Waals surface area (Å²) in [6, 6.07) is 23.8. The Morgan fingerprint density at radius 1 is 1.00 bits per heavy atom. The van der Waals surface area contributed by atoms with Crippen molar-refractivity contribution >= 4 is 34.5 Å².